The Hall–Kier alpha value is -2.23. The topological polar surface area (TPSA) is 51.5 Å². The summed E-state index contributed by atoms with van der Waals surface area (Å²) in [5.41, 5.74) is 0.759. The molecule has 1 fully saturated rings. The third-order valence-electron chi connectivity index (χ3n) is 3.37. The Morgan fingerprint density at radius 3 is 3.00 bits per heavy atom. The third-order valence-corrected chi connectivity index (χ3v) is 3.37. The van der Waals surface area contributed by atoms with Crippen LogP contribution in [-0.4, -0.2) is 13.0 Å². The minimum Gasteiger partial charge on any atom is -0.497 e. The lowest BCUT2D eigenvalue weighted by molar-refractivity contribution is -0.117. The molecule has 1 heterocycles. The first-order valence-corrected chi connectivity index (χ1v) is 6.26. The van der Waals surface area contributed by atoms with Crippen LogP contribution in [0.3, 0.4) is 0 Å². The molecular weight excluding hydrogens is 242 g/mol. The molecule has 0 saturated heterocycles. The second kappa shape index (κ2) is 4.80. The number of rotatable bonds is 4. The monoisotopic (exact) mass is 257 g/mol. The molecule has 4 nitrogen and oxygen atoms in total. The molecule has 1 aliphatic rings. The molecule has 0 aliphatic heterocycles. The Morgan fingerprint density at radius 1 is 1.37 bits per heavy atom. The molecule has 19 heavy (non-hydrogen) atoms. The van der Waals surface area contributed by atoms with E-state index in [1.165, 1.54) is 0 Å². The number of methoxy groups -OCH3 is 1. The Morgan fingerprint density at radius 2 is 2.26 bits per heavy atom. The SMILES string of the molecule is COc1cccc(NC(=O)C2CC2c2ccco2)c1. The predicted molar refractivity (Wildman–Crippen MR) is 71.2 cm³/mol. The maximum absolute atomic E-state index is 12.1. The lowest BCUT2D eigenvalue weighted by Gasteiger charge is -2.06. The first-order chi connectivity index (χ1) is 9.28. The minimum atomic E-state index is 0.0114. The largest absolute Gasteiger partial charge is 0.497 e. The van der Waals surface area contributed by atoms with E-state index in [1.54, 1.807) is 13.4 Å². The van der Waals surface area contributed by atoms with Gasteiger partial charge in [0.1, 0.15) is 11.5 Å². The van der Waals surface area contributed by atoms with E-state index in [9.17, 15) is 4.79 Å². The van der Waals surface area contributed by atoms with Crippen molar-refractivity contribution < 1.29 is 13.9 Å². The quantitative estimate of drug-likeness (QED) is 0.915. The van der Waals surface area contributed by atoms with Crippen LogP contribution in [0.4, 0.5) is 5.69 Å². The van der Waals surface area contributed by atoms with Gasteiger partial charge in [0.2, 0.25) is 5.91 Å². The average molecular weight is 257 g/mol. The summed E-state index contributed by atoms with van der Waals surface area (Å²) >= 11 is 0. The molecule has 2 unspecified atom stereocenters. The van der Waals surface area contributed by atoms with Gasteiger partial charge < -0.3 is 14.5 Å². The average Bonchev–Trinajstić information content (AvgIpc) is 3.05. The van der Waals surface area contributed by atoms with Gasteiger partial charge in [-0.15, -0.1) is 0 Å². The highest BCUT2D eigenvalue weighted by Gasteiger charge is 2.45. The van der Waals surface area contributed by atoms with Gasteiger partial charge in [-0.1, -0.05) is 6.07 Å². The van der Waals surface area contributed by atoms with Gasteiger partial charge >= 0.3 is 0 Å². The molecular formula is C15H15NO3. The number of carbonyl (C=O) groups excluding carboxylic acids is 1. The molecule has 1 saturated carbocycles. The van der Waals surface area contributed by atoms with Gasteiger partial charge in [0, 0.05) is 23.6 Å². The van der Waals surface area contributed by atoms with Gasteiger partial charge in [-0.3, -0.25) is 4.79 Å². The van der Waals surface area contributed by atoms with Crippen molar-refractivity contribution in [2.75, 3.05) is 12.4 Å². The molecule has 2 aromatic rings. The molecule has 4 heteroatoms. The van der Waals surface area contributed by atoms with Crippen LogP contribution in [0.5, 0.6) is 5.75 Å². The molecule has 1 aliphatic carbocycles. The lowest BCUT2D eigenvalue weighted by Crippen LogP contribution is -2.14. The van der Waals surface area contributed by atoms with Crippen LogP contribution in [0.1, 0.15) is 18.1 Å². The zero-order chi connectivity index (χ0) is 13.2. The van der Waals surface area contributed by atoms with Crippen molar-refractivity contribution in [1.82, 2.24) is 0 Å². The van der Waals surface area contributed by atoms with Gasteiger partial charge in [0.05, 0.1) is 13.4 Å². The third kappa shape index (κ3) is 2.47. The van der Waals surface area contributed by atoms with Crippen LogP contribution >= 0.6 is 0 Å². The van der Waals surface area contributed by atoms with E-state index < -0.39 is 0 Å². The second-order valence-electron chi connectivity index (χ2n) is 4.69. The summed E-state index contributed by atoms with van der Waals surface area (Å²) in [6.07, 6.45) is 2.49. The summed E-state index contributed by atoms with van der Waals surface area (Å²) in [4.78, 5) is 12.1. The number of furan rings is 1. The number of hydrogen-bond acceptors (Lipinski definition) is 3. The zero-order valence-electron chi connectivity index (χ0n) is 10.6. The molecule has 1 aromatic heterocycles. The number of carbonyl (C=O) groups is 1. The Labute approximate surface area is 111 Å². The van der Waals surface area contributed by atoms with Crippen molar-refractivity contribution >= 4 is 11.6 Å². The molecule has 0 spiro atoms. The summed E-state index contributed by atoms with van der Waals surface area (Å²) in [6, 6.07) is 11.1. The Bertz CT molecular complexity index is 577. The molecule has 0 bridgehead atoms. The highest BCUT2D eigenvalue weighted by molar-refractivity contribution is 5.95. The standard InChI is InChI=1S/C15H15NO3/c1-18-11-5-2-4-10(8-11)16-15(17)13-9-12(13)14-6-3-7-19-14/h2-8,12-13H,9H2,1H3,(H,16,17). The van der Waals surface area contributed by atoms with E-state index in [1.807, 2.05) is 36.4 Å². The summed E-state index contributed by atoms with van der Waals surface area (Å²) in [5, 5.41) is 2.91. The molecule has 0 radical (unpaired) electrons. The number of benzene rings is 1. The van der Waals surface area contributed by atoms with Crippen molar-refractivity contribution in [2.24, 2.45) is 5.92 Å². The molecule has 1 N–H and O–H groups in total. The fraction of sp³-hybridized carbons (Fsp3) is 0.267. The summed E-state index contributed by atoms with van der Waals surface area (Å²) < 4.78 is 10.5. The van der Waals surface area contributed by atoms with Gasteiger partial charge in [-0.05, 0) is 30.7 Å². The van der Waals surface area contributed by atoms with E-state index in [4.69, 9.17) is 9.15 Å². The number of anilines is 1. The van der Waals surface area contributed by atoms with Crippen molar-refractivity contribution in [3.05, 3.63) is 48.4 Å². The number of nitrogens with one attached hydrogen (secondary N) is 1. The first kappa shape index (κ1) is 11.8. The number of ether oxygens (including phenoxy) is 1. The summed E-state index contributed by atoms with van der Waals surface area (Å²) in [6.45, 7) is 0. The van der Waals surface area contributed by atoms with Gasteiger partial charge in [-0.25, -0.2) is 0 Å². The van der Waals surface area contributed by atoms with E-state index in [0.717, 1.165) is 23.6 Å². The van der Waals surface area contributed by atoms with Crippen LogP contribution in [0, 0.1) is 5.92 Å². The predicted octanol–water partition coefficient (Wildman–Crippen LogP) is 3.03. The molecule has 3 rings (SSSR count). The van der Waals surface area contributed by atoms with E-state index in [2.05, 4.69) is 5.32 Å². The fourth-order valence-corrected chi connectivity index (χ4v) is 2.24. The van der Waals surface area contributed by atoms with Crippen molar-refractivity contribution in [3.8, 4) is 5.75 Å². The molecule has 2 atom stereocenters. The number of amides is 1. The van der Waals surface area contributed by atoms with Crippen molar-refractivity contribution in [2.45, 2.75) is 12.3 Å². The first-order valence-electron chi connectivity index (χ1n) is 6.26. The highest BCUT2D eigenvalue weighted by Crippen LogP contribution is 2.48. The fourth-order valence-electron chi connectivity index (χ4n) is 2.24. The zero-order valence-corrected chi connectivity index (χ0v) is 10.6. The number of hydrogen-bond donors (Lipinski definition) is 1. The molecule has 1 aromatic carbocycles. The van der Waals surface area contributed by atoms with Crippen LogP contribution in [0.2, 0.25) is 0 Å². The minimum absolute atomic E-state index is 0.0114. The molecule has 98 valence electrons. The van der Waals surface area contributed by atoms with Crippen LogP contribution in [0.25, 0.3) is 0 Å². The normalized spacial score (nSPS) is 20.9. The van der Waals surface area contributed by atoms with Crippen LogP contribution in [-0.2, 0) is 4.79 Å². The maximum Gasteiger partial charge on any atom is 0.228 e. The van der Waals surface area contributed by atoms with Gasteiger partial charge in [-0.2, -0.15) is 0 Å². The van der Waals surface area contributed by atoms with E-state index in [-0.39, 0.29) is 17.7 Å². The van der Waals surface area contributed by atoms with Crippen molar-refractivity contribution in [3.63, 3.8) is 0 Å². The summed E-state index contributed by atoms with van der Waals surface area (Å²) in [7, 11) is 1.61. The summed E-state index contributed by atoms with van der Waals surface area (Å²) in [5.74, 6) is 1.90. The van der Waals surface area contributed by atoms with E-state index >= 15 is 0 Å². The van der Waals surface area contributed by atoms with Crippen molar-refractivity contribution in [1.29, 1.82) is 0 Å². The molecule has 1 amide bonds. The smallest absolute Gasteiger partial charge is 0.228 e. The lowest BCUT2D eigenvalue weighted by atomic mass is 10.2. The van der Waals surface area contributed by atoms with Crippen LogP contribution < -0.4 is 10.1 Å². The second-order valence-corrected chi connectivity index (χ2v) is 4.69. The van der Waals surface area contributed by atoms with Crippen LogP contribution in [0.15, 0.2) is 47.1 Å². The van der Waals surface area contributed by atoms with Gasteiger partial charge in [0.15, 0.2) is 0 Å². The van der Waals surface area contributed by atoms with E-state index in [0.29, 0.717) is 0 Å². The highest BCUT2D eigenvalue weighted by atomic mass is 16.5. The van der Waals surface area contributed by atoms with Gasteiger partial charge in [0.25, 0.3) is 0 Å². The Kier molecular flexibility index (Phi) is 2.99. The Balaban J connectivity index is 1.63. The maximum atomic E-state index is 12.1.